The quantitative estimate of drug-likeness (QED) is 0.778. The predicted molar refractivity (Wildman–Crippen MR) is 86.8 cm³/mol. The fraction of sp³-hybridized carbons (Fsp3) is 0.167. The van der Waals surface area contributed by atoms with Gasteiger partial charge in [0, 0.05) is 11.1 Å². The van der Waals surface area contributed by atoms with Crippen molar-refractivity contribution in [2.24, 2.45) is 0 Å². The monoisotopic (exact) mass is 278 g/mol. The number of nitrogens with one attached hydrogen (secondary N) is 1. The number of pyridine rings is 1. The van der Waals surface area contributed by atoms with Crippen LogP contribution in [0.15, 0.2) is 54.6 Å². The number of aromatic nitrogens is 1. The van der Waals surface area contributed by atoms with Gasteiger partial charge in [0.1, 0.15) is 11.3 Å². The highest BCUT2D eigenvalue weighted by atomic mass is 16.5. The van der Waals surface area contributed by atoms with Gasteiger partial charge in [0.25, 0.3) is 0 Å². The van der Waals surface area contributed by atoms with Crippen LogP contribution in [0.3, 0.4) is 0 Å². The van der Waals surface area contributed by atoms with E-state index in [2.05, 4.69) is 30.4 Å². The standard InChI is InChI=1S/C18H18N2O/c1-13-6-3-4-8-16(13)19-12-15-11-10-14-7-5-9-17(21-2)18(14)20-15/h3-11,19H,12H2,1-2H3. The summed E-state index contributed by atoms with van der Waals surface area (Å²) in [7, 11) is 1.68. The Bertz CT molecular complexity index is 768. The van der Waals surface area contributed by atoms with E-state index >= 15 is 0 Å². The molecule has 0 radical (unpaired) electrons. The van der Waals surface area contributed by atoms with Crippen LogP contribution in [-0.2, 0) is 6.54 Å². The SMILES string of the molecule is COc1cccc2ccc(CNc3ccccc3C)nc12. The summed E-state index contributed by atoms with van der Waals surface area (Å²) in [4.78, 5) is 4.70. The molecular formula is C18H18N2O. The molecule has 106 valence electrons. The first-order valence-electron chi connectivity index (χ1n) is 7.00. The number of anilines is 1. The Morgan fingerprint density at radius 3 is 2.67 bits per heavy atom. The minimum absolute atomic E-state index is 0.693. The molecule has 0 aliphatic rings. The Morgan fingerprint density at radius 2 is 1.86 bits per heavy atom. The Kier molecular flexibility index (Phi) is 3.73. The maximum absolute atomic E-state index is 5.38. The molecule has 0 fully saturated rings. The van der Waals surface area contributed by atoms with E-state index in [9.17, 15) is 0 Å². The van der Waals surface area contributed by atoms with Crippen molar-refractivity contribution in [3.8, 4) is 5.75 Å². The third kappa shape index (κ3) is 2.82. The highest BCUT2D eigenvalue weighted by Gasteiger charge is 2.04. The van der Waals surface area contributed by atoms with E-state index in [1.807, 2.05) is 36.4 Å². The summed E-state index contributed by atoms with van der Waals surface area (Å²) < 4.78 is 5.38. The molecule has 0 aliphatic carbocycles. The molecule has 21 heavy (non-hydrogen) atoms. The molecule has 0 bridgehead atoms. The van der Waals surface area contributed by atoms with Crippen LogP contribution in [-0.4, -0.2) is 12.1 Å². The van der Waals surface area contributed by atoms with Crippen LogP contribution in [0.4, 0.5) is 5.69 Å². The zero-order chi connectivity index (χ0) is 14.7. The molecule has 0 atom stereocenters. The van der Waals surface area contributed by atoms with Crippen molar-refractivity contribution >= 4 is 16.6 Å². The van der Waals surface area contributed by atoms with Crippen molar-refractivity contribution in [1.82, 2.24) is 4.98 Å². The number of fused-ring (bicyclic) bond motifs is 1. The molecule has 0 aliphatic heterocycles. The third-order valence-corrected chi connectivity index (χ3v) is 3.57. The fourth-order valence-electron chi connectivity index (χ4n) is 2.38. The van der Waals surface area contributed by atoms with Gasteiger partial charge in [-0.1, -0.05) is 36.4 Å². The van der Waals surface area contributed by atoms with Crippen LogP contribution >= 0.6 is 0 Å². The Morgan fingerprint density at radius 1 is 1.00 bits per heavy atom. The smallest absolute Gasteiger partial charge is 0.145 e. The van der Waals surface area contributed by atoms with Crippen LogP contribution in [0, 0.1) is 6.92 Å². The average molecular weight is 278 g/mol. The fourth-order valence-corrected chi connectivity index (χ4v) is 2.38. The number of hydrogen-bond acceptors (Lipinski definition) is 3. The molecule has 0 saturated carbocycles. The first-order valence-corrected chi connectivity index (χ1v) is 7.00. The summed E-state index contributed by atoms with van der Waals surface area (Å²) in [6.45, 7) is 2.79. The van der Waals surface area contributed by atoms with E-state index in [1.165, 1.54) is 5.56 Å². The molecule has 0 amide bonds. The molecule has 3 rings (SSSR count). The molecule has 3 nitrogen and oxygen atoms in total. The topological polar surface area (TPSA) is 34.1 Å². The second-order valence-electron chi connectivity index (χ2n) is 5.00. The van der Waals surface area contributed by atoms with Gasteiger partial charge in [-0.25, -0.2) is 4.98 Å². The predicted octanol–water partition coefficient (Wildman–Crippen LogP) is 4.16. The van der Waals surface area contributed by atoms with Gasteiger partial charge in [-0.2, -0.15) is 0 Å². The lowest BCUT2D eigenvalue weighted by Crippen LogP contribution is -2.03. The van der Waals surface area contributed by atoms with E-state index in [0.29, 0.717) is 6.54 Å². The van der Waals surface area contributed by atoms with Crippen molar-refractivity contribution in [1.29, 1.82) is 0 Å². The van der Waals surface area contributed by atoms with Crippen LogP contribution in [0.2, 0.25) is 0 Å². The molecule has 3 heteroatoms. The summed E-state index contributed by atoms with van der Waals surface area (Å²) in [5, 5.41) is 4.52. The Balaban J connectivity index is 1.86. The second kappa shape index (κ2) is 5.83. The maximum Gasteiger partial charge on any atom is 0.145 e. The second-order valence-corrected chi connectivity index (χ2v) is 5.00. The number of benzene rings is 2. The van der Waals surface area contributed by atoms with Crippen molar-refractivity contribution < 1.29 is 4.74 Å². The minimum atomic E-state index is 0.693. The number of nitrogens with zero attached hydrogens (tertiary/aromatic N) is 1. The maximum atomic E-state index is 5.38. The van der Waals surface area contributed by atoms with E-state index in [0.717, 1.165) is 28.0 Å². The largest absolute Gasteiger partial charge is 0.494 e. The minimum Gasteiger partial charge on any atom is -0.494 e. The molecule has 0 spiro atoms. The summed E-state index contributed by atoms with van der Waals surface area (Å²) in [6.07, 6.45) is 0. The van der Waals surface area contributed by atoms with Gasteiger partial charge in [-0.15, -0.1) is 0 Å². The molecule has 2 aromatic carbocycles. The molecular weight excluding hydrogens is 260 g/mol. The third-order valence-electron chi connectivity index (χ3n) is 3.57. The van der Waals surface area contributed by atoms with Gasteiger partial charge in [0.2, 0.25) is 0 Å². The van der Waals surface area contributed by atoms with Crippen molar-refractivity contribution in [2.75, 3.05) is 12.4 Å². The zero-order valence-electron chi connectivity index (χ0n) is 12.3. The highest BCUT2D eigenvalue weighted by Crippen LogP contribution is 2.24. The van der Waals surface area contributed by atoms with Crippen LogP contribution < -0.4 is 10.1 Å². The van der Waals surface area contributed by atoms with Gasteiger partial charge in [-0.05, 0) is 30.7 Å². The van der Waals surface area contributed by atoms with Crippen molar-refractivity contribution in [3.05, 3.63) is 65.9 Å². The number of ether oxygens (including phenoxy) is 1. The van der Waals surface area contributed by atoms with Crippen molar-refractivity contribution in [3.63, 3.8) is 0 Å². The first kappa shape index (κ1) is 13.4. The van der Waals surface area contributed by atoms with Crippen LogP contribution in [0.5, 0.6) is 5.75 Å². The number of methoxy groups -OCH3 is 1. The summed E-state index contributed by atoms with van der Waals surface area (Å²) >= 11 is 0. The number of aryl methyl sites for hydroxylation is 1. The summed E-state index contributed by atoms with van der Waals surface area (Å²) in [5.74, 6) is 0.810. The van der Waals surface area contributed by atoms with E-state index < -0.39 is 0 Å². The average Bonchev–Trinajstić information content (AvgIpc) is 2.53. The molecule has 1 aromatic heterocycles. The van der Waals surface area contributed by atoms with Gasteiger partial charge < -0.3 is 10.1 Å². The number of rotatable bonds is 4. The molecule has 1 N–H and O–H groups in total. The molecule has 3 aromatic rings. The van der Waals surface area contributed by atoms with Gasteiger partial charge in [0.15, 0.2) is 0 Å². The number of hydrogen-bond donors (Lipinski definition) is 1. The van der Waals surface area contributed by atoms with Crippen molar-refractivity contribution in [2.45, 2.75) is 13.5 Å². The highest BCUT2D eigenvalue weighted by molar-refractivity contribution is 5.84. The van der Waals surface area contributed by atoms with Gasteiger partial charge in [-0.3, -0.25) is 0 Å². The normalized spacial score (nSPS) is 10.6. The lowest BCUT2D eigenvalue weighted by molar-refractivity contribution is 0.419. The van der Waals surface area contributed by atoms with Crippen LogP contribution in [0.25, 0.3) is 10.9 Å². The number of para-hydroxylation sites is 2. The summed E-state index contributed by atoms with van der Waals surface area (Å²) in [5.41, 5.74) is 4.27. The lowest BCUT2D eigenvalue weighted by atomic mass is 10.1. The lowest BCUT2D eigenvalue weighted by Gasteiger charge is -2.10. The Hall–Kier alpha value is -2.55. The molecule has 0 saturated heterocycles. The van der Waals surface area contributed by atoms with E-state index in [1.54, 1.807) is 7.11 Å². The van der Waals surface area contributed by atoms with Gasteiger partial charge >= 0.3 is 0 Å². The van der Waals surface area contributed by atoms with E-state index in [-0.39, 0.29) is 0 Å². The zero-order valence-corrected chi connectivity index (χ0v) is 12.3. The Labute approximate surface area is 124 Å². The first-order chi connectivity index (χ1) is 10.3. The molecule has 0 unspecified atom stereocenters. The van der Waals surface area contributed by atoms with Gasteiger partial charge in [0.05, 0.1) is 19.3 Å². The molecule has 1 heterocycles. The van der Waals surface area contributed by atoms with Crippen LogP contribution in [0.1, 0.15) is 11.3 Å². The van der Waals surface area contributed by atoms with E-state index in [4.69, 9.17) is 9.72 Å². The summed E-state index contributed by atoms with van der Waals surface area (Å²) in [6, 6.07) is 18.3.